The van der Waals surface area contributed by atoms with Crippen molar-refractivity contribution in [2.24, 2.45) is 0 Å². The Morgan fingerprint density at radius 2 is 1.70 bits per heavy atom. The molecule has 0 aliphatic carbocycles. The van der Waals surface area contributed by atoms with E-state index < -0.39 is 6.10 Å². The van der Waals surface area contributed by atoms with Crippen molar-refractivity contribution in [3.05, 3.63) is 58.6 Å². The van der Waals surface area contributed by atoms with Gasteiger partial charge in [-0.1, -0.05) is 33.6 Å². The van der Waals surface area contributed by atoms with Crippen molar-refractivity contribution in [3.63, 3.8) is 0 Å². The second-order valence-electron chi connectivity index (χ2n) is 5.17. The predicted octanol–water partition coefficient (Wildman–Crippen LogP) is 3.72. The highest BCUT2D eigenvalue weighted by Gasteiger charge is 2.13. The van der Waals surface area contributed by atoms with Gasteiger partial charge >= 0.3 is 0 Å². The van der Waals surface area contributed by atoms with E-state index in [4.69, 9.17) is 9.47 Å². The Morgan fingerprint density at radius 1 is 1.09 bits per heavy atom. The van der Waals surface area contributed by atoms with Crippen molar-refractivity contribution < 1.29 is 14.3 Å². The van der Waals surface area contributed by atoms with Crippen LogP contribution in [0.25, 0.3) is 0 Å². The molecule has 0 aliphatic rings. The van der Waals surface area contributed by atoms with Gasteiger partial charge in [-0.3, -0.25) is 4.79 Å². The molecule has 1 amide bonds. The molecule has 5 heteroatoms. The van der Waals surface area contributed by atoms with Gasteiger partial charge in [-0.15, -0.1) is 0 Å². The van der Waals surface area contributed by atoms with Crippen LogP contribution in [0, 0.1) is 6.92 Å². The van der Waals surface area contributed by atoms with Gasteiger partial charge in [0.1, 0.15) is 18.1 Å². The summed E-state index contributed by atoms with van der Waals surface area (Å²) in [4.78, 5) is 12.0. The monoisotopic (exact) mass is 377 g/mol. The topological polar surface area (TPSA) is 47.6 Å². The fourth-order valence-electron chi connectivity index (χ4n) is 1.89. The molecule has 2 rings (SSSR count). The number of hydrogen-bond acceptors (Lipinski definition) is 3. The molecule has 23 heavy (non-hydrogen) atoms. The molecule has 0 radical (unpaired) electrons. The van der Waals surface area contributed by atoms with Crippen LogP contribution in [0.3, 0.4) is 0 Å². The molecule has 0 fully saturated rings. The van der Waals surface area contributed by atoms with Gasteiger partial charge in [0, 0.05) is 4.47 Å². The Kier molecular flexibility index (Phi) is 6.47. The number of nitrogens with one attached hydrogen (secondary N) is 1. The second kappa shape index (κ2) is 8.58. The molecule has 0 unspecified atom stereocenters. The highest BCUT2D eigenvalue weighted by atomic mass is 79.9. The Hall–Kier alpha value is -2.01. The third-order valence-electron chi connectivity index (χ3n) is 3.19. The molecule has 122 valence electrons. The number of hydrogen-bond donors (Lipinski definition) is 1. The second-order valence-corrected chi connectivity index (χ2v) is 6.08. The Balaban J connectivity index is 1.69. The molecule has 0 heterocycles. The molecule has 2 aromatic carbocycles. The van der Waals surface area contributed by atoms with E-state index in [1.54, 1.807) is 6.92 Å². The first-order chi connectivity index (χ1) is 11.0. The van der Waals surface area contributed by atoms with Crippen molar-refractivity contribution in [2.45, 2.75) is 20.0 Å². The van der Waals surface area contributed by atoms with Crippen LogP contribution in [0.1, 0.15) is 12.5 Å². The Labute approximate surface area is 144 Å². The summed E-state index contributed by atoms with van der Waals surface area (Å²) in [6.45, 7) is 4.59. The highest BCUT2D eigenvalue weighted by molar-refractivity contribution is 9.10. The lowest BCUT2D eigenvalue weighted by molar-refractivity contribution is -0.127. The van der Waals surface area contributed by atoms with Crippen LogP contribution < -0.4 is 14.8 Å². The molecule has 0 bridgehead atoms. The largest absolute Gasteiger partial charge is 0.492 e. The molecule has 0 aliphatic heterocycles. The summed E-state index contributed by atoms with van der Waals surface area (Å²) < 4.78 is 12.1. The average molecular weight is 378 g/mol. The van der Waals surface area contributed by atoms with Gasteiger partial charge in [0.05, 0.1) is 6.54 Å². The lowest BCUT2D eigenvalue weighted by Crippen LogP contribution is -2.38. The zero-order chi connectivity index (χ0) is 16.7. The SMILES string of the molecule is Cc1ccc(OCCNC(=O)[C@@H](C)Oc2ccc(Br)cc2)cc1. The van der Waals surface area contributed by atoms with E-state index in [-0.39, 0.29) is 5.91 Å². The highest BCUT2D eigenvalue weighted by Crippen LogP contribution is 2.17. The minimum Gasteiger partial charge on any atom is -0.492 e. The molecular formula is C18H20BrNO3. The fourth-order valence-corrected chi connectivity index (χ4v) is 2.16. The van der Waals surface area contributed by atoms with E-state index in [9.17, 15) is 4.79 Å². The van der Waals surface area contributed by atoms with E-state index >= 15 is 0 Å². The van der Waals surface area contributed by atoms with E-state index in [2.05, 4.69) is 21.2 Å². The van der Waals surface area contributed by atoms with Crippen molar-refractivity contribution in [1.82, 2.24) is 5.32 Å². The minimum absolute atomic E-state index is 0.166. The summed E-state index contributed by atoms with van der Waals surface area (Å²) in [6.07, 6.45) is -0.560. The van der Waals surface area contributed by atoms with Crippen LogP contribution in [-0.2, 0) is 4.79 Å². The summed E-state index contributed by atoms with van der Waals surface area (Å²) in [5, 5.41) is 2.80. The smallest absolute Gasteiger partial charge is 0.260 e. The summed E-state index contributed by atoms with van der Waals surface area (Å²) in [5.74, 6) is 1.29. The minimum atomic E-state index is -0.560. The van der Waals surface area contributed by atoms with E-state index in [1.807, 2.05) is 55.5 Å². The first-order valence-electron chi connectivity index (χ1n) is 7.44. The number of benzene rings is 2. The van der Waals surface area contributed by atoms with Crippen molar-refractivity contribution in [2.75, 3.05) is 13.2 Å². The number of rotatable bonds is 7. The molecular weight excluding hydrogens is 358 g/mol. The van der Waals surface area contributed by atoms with Crippen molar-refractivity contribution >= 4 is 21.8 Å². The van der Waals surface area contributed by atoms with Gasteiger partial charge in [-0.2, -0.15) is 0 Å². The predicted molar refractivity (Wildman–Crippen MR) is 93.9 cm³/mol. The maximum Gasteiger partial charge on any atom is 0.260 e. The number of halogens is 1. The fraction of sp³-hybridized carbons (Fsp3) is 0.278. The Morgan fingerprint density at radius 3 is 2.35 bits per heavy atom. The van der Waals surface area contributed by atoms with Crippen LogP contribution >= 0.6 is 15.9 Å². The lowest BCUT2D eigenvalue weighted by atomic mass is 10.2. The van der Waals surface area contributed by atoms with Crippen molar-refractivity contribution in [1.29, 1.82) is 0 Å². The van der Waals surface area contributed by atoms with Gasteiger partial charge in [-0.05, 0) is 50.2 Å². The molecule has 4 nitrogen and oxygen atoms in total. The van der Waals surface area contributed by atoms with E-state index in [0.29, 0.717) is 18.9 Å². The first kappa shape index (κ1) is 17.3. The number of carbonyl (C=O) groups is 1. The number of ether oxygens (including phenoxy) is 2. The number of amides is 1. The molecule has 1 N–H and O–H groups in total. The van der Waals surface area contributed by atoms with Crippen LogP contribution in [0.4, 0.5) is 0 Å². The molecule has 0 saturated heterocycles. The zero-order valence-corrected chi connectivity index (χ0v) is 14.8. The van der Waals surface area contributed by atoms with Gasteiger partial charge in [0.15, 0.2) is 6.10 Å². The first-order valence-corrected chi connectivity index (χ1v) is 8.23. The molecule has 0 aromatic heterocycles. The lowest BCUT2D eigenvalue weighted by Gasteiger charge is -2.15. The maximum atomic E-state index is 12.0. The standard InChI is InChI=1S/C18H20BrNO3/c1-13-3-7-16(8-4-13)22-12-11-20-18(21)14(2)23-17-9-5-15(19)6-10-17/h3-10,14H,11-12H2,1-2H3,(H,20,21)/t14-/m1/s1. The molecule has 1 atom stereocenters. The maximum absolute atomic E-state index is 12.0. The van der Waals surface area contributed by atoms with E-state index in [0.717, 1.165) is 10.2 Å². The third-order valence-corrected chi connectivity index (χ3v) is 3.72. The normalized spacial score (nSPS) is 11.6. The van der Waals surface area contributed by atoms with Gasteiger partial charge in [-0.25, -0.2) is 0 Å². The summed E-state index contributed by atoms with van der Waals surface area (Å²) in [5.41, 5.74) is 1.18. The zero-order valence-electron chi connectivity index (χ0n) is 13.2. The third kappa shape index (κ3) is 5.94. The van der Waals surface area contributed by atoms with Crippen LogP contribution in [0.15, 0.2) is 53.0 Å². The number of carbonyl (C=O) groups excluding carboxylic acids is 1. The average Bonchev–Trinajstić information content (AvgIpc) is 2.55. The quantitative estimate of drug-likeness (QED) is 0.747. The van der Waals surface area contributed by atoms with E-state index in [1.165, 1.54) is 5.56 Å². The van der Waals surface area contributed by atoms with Crippen LogP contribution in [-0.4, -0.2) is 25.2 Å². The van der Waals surface area contributed by atoms with Gasteiger partial charge < -0.3 is 14.8 Å². The summed E-state index contributed by atoms with van der Waals surface area (Å²) in [6, 6.07) is 15.2. The van der Waals surface area contributed by atoms with Crippen LogP contribution in [0.2, 0.25) is 0 Å². The van der Waals surface area contributed by atoms with Gasteiger partial charge in [0.25, 0.3) is 5.91 Å². The summed E-state index contributed by atoms with van der Waals surface area (Å²) >= 11 is 3.36. The van der Waals surface area contributed by atoms with Gasteiger partial charge in [0.2, 0.25) is 0 Å². The Bertz CT molecular complexity index is 626. The van der Waals surface area contributed by atoms with Crippen LogP contribution in [0.5, 0.6) is 11.5 Å². The molecule has 0 saturated carbocycles. The molecule has 2 aromatic rings. The summed E-state index contributed by atoms with van der Waals surface area (Å²) in [7, 11) is 0. The number of aryl methyl sites for hydroxylation is 1. The van der Waals surface area contributed by atoms with Crippen molar-refractivity contribution in [3.8, 4) is 11.5 Å². The molecule has 0 spiro atoms.